The molecular formula is C16H25ClN2O2. The maximum absolute atomic E-state index is 10.3. The van der Waals surface area contributed by atoms with Crippen LogP contribution < -0.4 is 0 Å². The molecule has 118 valence electrons. The Bertz CT molecular complexity index is 438. The van der Waals surface area contributed by atoms with Crippen LogP contribution in [0.1, 0.15) is 24.5 Å². The van der Waals surface area contributed by atoms with E-state index in [1.165, 1.54) is 0 Å². The van der Waals surface area contributed by atoms with Crippen LogP contribution in [0.5, 0.6) is 0 Å². The van der Waals surface area contributed by atoms with Gasteiger partial charge in [-0.05, 0) is 44.6 Å². The molecule has 3 unspecified atom stereocenters. The molecule has 1 aliphatic heterocycles. The fourth-order valence-electron chi connectivity index (χ4n) is 2.98. The normalized spacial score (nSPS) is 24.7. The number of aliphatic hydroxyl groups is 2. The highest BCUT2D eigenvalue weighted by molar-refractivity contribution is 6.30. The standard InChI is InChI=1S/C16H25ClN2O2/c1-18(2)10-14-9-15(20)11-19(14)8-7-16(21)12-3-5-13(17)6-4-12/h3-6,14-16,20-21H,7-11H2,1-2H3. The maximum Gasteiger partial charge on any atom is 0.0802 e. The second-order valence-corrected chi connectivity index (χ2v) is 6.59. The summed E-state index contributed by atoms with van der Waals surface area (Å²) in [6, 6.07) is 7.70. The van der Waals surface area contributed by atoms with E-state index in [2.05, 4.69) is 9.80 Å². The summed E-state index contributed by atoms with van der Waals surface area (Å²) in [5.74, 6) is 0. The van der Waals surface area contributed by atoms with E-state index in [1.807, 2.05) is 26.2 Å². The number of rotatable bonds is 6. The van der Waals surface area contributed by atoms with E-state index in [9.17, 15) is 10.2 Å². The van der Waals surface area contributed by atoms with Crippen LogP contribution >= 0.6 is 11.6 Å². The lowest BCUT2D eigenvalue weighted by atomic mass is 10.1. The van der Waals surface area contributed by atoms with Crippen molar-refractivity contribution >= 4 is 11.6 Å². The molecule has 0 bridgehead atoms. The molecule has 1 aliphatic rings. The van der Waals surface area contributed by atoms with Crippen LogP contribution in [-0.4, -0.2) is 65.9 Å². The summed E-state index contributed by atoms with van der Waals surface area (Å²) >= 11 is 5.86. The van der Waals surface area contributed by atoms with Crippen molar-refractivity contribution in [3.63, 3.8) is 0 Å². The summed E-state index contributed by atoms with van der Waals surface area (Å²) in [5, 5.41) is 20.8. The van der Waals surface area contributed by atoms with E-state index < -0.39 is 6.10 Å². The van der Waals surface area contributed by atoms with Crippen molar-refractivity contribution in [1.29, 1.82) is 0 Å². The predicted octanol–water partition coefficient (Wildman–Crippen LogP) is 1.76. The topological polar surface area (TPSA) is 46.9 Å². The monoisotopic (exact) mass is 312 g/mol. The molecule has 0 radical (unpaired) electrons. The van der Waals surface area contributed by atoms with Crippen LogP contribution in [0.4, 0.5) is 0 Å². The van der Waals surface area contributed by atoms with Gasteiger partial charge in [0.05, 0.1) is 12.2 Å². The number of nitrogens with zero attached hydrogens (tertiary/aromatic N) is 2. The quantitative estimate of drug-likeness (QED) is 0.840. The molecule has 1 saturated heterocycles. The molecule has 0 aliphatic carbocycles. The number of hydrogen-bond donors (Lipinski definition) is 2. The zero-order valence-electron chi connectivity index (χ0n) is 12.7. The first-order chi connectivity index (χ1) is 9.95. The van der Waals surface area contributed by atoms with E-state index in [0.29, 0.717) is 24.0 Å². The van der Waals surface area contributed by atoms with E-state index >= 15 is 0 Å². The highest BCUT2D eigenvalue weighted by Gasteiger charge is 2.31. The fraction of sp³-hybridized carbons (Fsp3) is 0.625. The fourth-order valence-corrected chi connectivity index (χ4v) is 3.11. The minimum absolute atomic E-state index is 0.248. The SMILES string of the molecule is CN(C)CC1CC(O)CN1CCC(O)c1ccc(Cl)cc1. The van der Waals surface area contributed by atoms with Crippen LogP contribution in [0.2, 0.25) is 5.02 Å². The van der Waals surface area contributed by atoms with Gasteiger partial charge in [-0.1, -0.05) is 23.7 Å². The lowest BCUT2D eigenvalue weighted by Gasteiger charge is -2.27. The van der Waals surface area contributed by atoms with Crippen LogP contribution in [-0.2, 0) is 0 Å². The Morgan fingerprint density at radius 2 is 2.00 bits per heavy atom. The smallest absolute Gasteiger partial charge is 0.0802 e. The minimum Gasteiger partial charge on any atom is -0.392 e. The second-order valence-electron chi connectivity index (χ2n) is 6.16. The largest absolute Gasteiger partial charge is 0.392 e. The average Bonchev–Trinajstić information content (AvgIpc) is 2.76. The molecule has 0 spiro atoms. The number of likely N-dealkylation sites (tertiary alicyclic amines) is 1. The lowest BCUT2D eigenvalue weighted by molar-refractivity contribution is 0.125. The van der Waals surface area contributed by atoms with Gasteiger partial charge >= 0.3 is 0 Å². The van der Waals surface area contributed by atoms with Crippen LogP contribution in [0.15, 0.2) is 24.3 Å². The van der Waals surface area contributed by atoms with Crippen molar-refractivity contribution in [1.82, 2.24) is 9.80 Å². The molecule has 1 fully saturated rings. The Balaban J connectivity index is 1.87. The summed E-state index contributed by atoms with van der Waals surface area (Å²) in [5.41, 5.74) is 0.892. The van der Waals surface area contributed by atoms with Crippen LogP contribution in [0.25, 0.3) is 0 Å². The third-order valence-electron chi connectivity index (χ3n) is 4.03. The van der Waals surface area contributed by atoms with Gasteiger partial charge in [0.1, 0.15) is 0 Å². The molecule has 0 saturated carbocycles. The Hall–Kier alpha value is -0.650. The summed E-state index contributed by atoms with van der Waals surface area (Å²) in [6.07, 6.45) is 0.746. The molecule has 5 heteroatoms. The lowest BCUT2D eigenvalue weighted by Crippen LogP contribution is -2.38. The second kappa shape index (κ2) is 7.56. The third-order valence-corrected chi connectivity index (χ3v) is 4.28. The predicted molar refractivity (Wildman–Crippen MR) is 85.6 cm³/mol. The van der Waals surface area contributed by atoms with Gasteiger partial charge in [-0.25, -0.2) is 0 Å². The van der Waals surface area contributed by atoms with Crippen molar-refractivity contribution in [2.24, 2.45) is 0 Å². The third kappa shape index (κ3) is 4.94. The molecule has 4 nitrogen and oxygen atoms in total. The van der Waals surface area contributed by atoms with Crippen molar-refractivity contribution in [3.05, 3.63) is 34.9 Å². The van der Waals surface area contributed by atoms with Gasteiger partial charge in [-0.2, -0.15) is 0 Å². The van der Waals surface area contributed by atoms with Crippen molar-refractivity contribution < 1.29 is 10.2 Å². The number of β-amino-alcohol motifs (C(OH)–C–C–N with tert-alkyl or cyclic N) is 1. The van der Waals surface area contributed by atoms with Gasteiger partial charge in [0.2, 0.25) is 0 Å². The van der Waals surface area contributed by atoms with E-state index in [1.54, 1.807) is 12.1 Å². The Kier molecular flexibility index (Phi) is 6.02. The van der Waals surface area contributed by atoms with Crippen LogP contribution in [0, 0.1) is 0 Å². The maximum atomic E-state index is 10.3. The first-order valence-electron chi connectivity index (χ1n) is 7.46. The molecule has 1 aromatic carbocycles. The Labute approximate surface area is 131 Å². The molecule has 0 amide bonds. The zero-order valence-corrected chi connectivity index (χ0v) is 13.5. The number of benzene rings is 1. The molecule has 0 aromatic heterocycles. The molecule has 3 atom stereocenters. The van der Waals surface area contributed by atoms with Gasteiger partial charge in [0, 0.05) is 30.7 Å². The van der Waals surface area contributed by atoms with Gasteiger partial charge in [0.25, 0.3) is 0 Å². The molecule has 21 heavy (non-hydrogen) atoms. The van der Waals surface area contributed by atoms with Gasteiger partial charge in [0.15, 0.2) is 0 Å². The number of likely N-dealkylation sites (N-methyl/N-ethyl adjacent to an activating group) is 1. The van der Waals surface area contributed by atoms with Crippen molar-refractivity contribution in [2.75, 3.05) is 33.7 Å². The average molecular weight is 313 g/mol. The summed E-state index contributed by atoms with van der Waals surface area (Å²) < 4.78 is 0. The Morgan fingerprint density at radius 1 is 1.33 bits per heavy atom. The summed E-state index contributed by atoms with van der Waals surface area (Å²) in [7, 11) is 4.09. The zero-order chi connectivity index (χ0) is 15.4. The number of hydrogen-bond acceptors (Lipinski definition) is 4. The minimum atomic E-state index is -0.486. The van der Waals surface area contributed by atoms with Gasteiger partial charge in [-0.15, -0.1) is 0 Å². The highest BCUT2D eigenvalue weighted by atomic mass is 35.5. The number of aliphatic hydroxyl groups excluding tert-OH is 2. The van der Waals surface area contributed by atoms with Gasteiger partial charge < -0.3 is 15.1 Å². The Morgan fingerprint density at radius 3 is 2.62 bits per heavy atom. The summed E-state index contributed by atoms with van der Waals surface area (Å²) in [6.45, 7) is 2.43. The summed E-state index contributed by atoms with van der Waals surface area (Å²) in [4.78, 5) is 4.43. The molecule has 1 heterocycles. The highest BCUT2D eigenvalue weighted by Crippen LogP contribution is 2.23. The van der Waals surface area contributed by atoms with E-state index in [-0.39, 0.29) is 6.10 Å². The van der Waals surface area contributed by atoms with Crippen molar-refractivity contribution in [2.45, 2.75) is 31.1 Å². The van der Waals surface area contributed by atoms with Crippen LogP contribution in [0.3, 0.4) is 0 Å². The van der Waals surface area contributed by atoms with Crippen molar-refractivity contribution in [3.8, 4) is 0 Å². The van der Waals surface area contributed by atoms with E-state index in [4.69, 9.17) is 11.6 Å². The van der Waals surface area contributed by atoms with Gasteiger partial charge in [-0.3, -0.25) is 4.90 Å². The molecular weight excluding hydrogens is 288 g/mol. The molecule has 2 rings (SSSR count). The molecule has 2 N–H and O–H groups in total. The first-order valence-corrected chi connectivity index (χ1v) is 7.84. The number of halogens is 1. The molecule has 1 aromatic rings. The van der Waals surface area contributed by atoms with E-state index in [0.717, 1.165) is 25.1 Å². The first kappa shape index (κ1) is 16.7.